The zero-order chi connectivity index (χ0) is 13.1. The monoisotopic (exact) mass is 249 g/mol. The molecule has 1 aromatic carbocycles. The third-order valence-electron chi connectivity index (χ3n) is 3.60. The highest BCUT2D eigenvalue weighted by atomic mass is 16.3. The number of aryl methyl sites for hydroxylation is 1. The van der Waals surface area contributed by atoms with E-state index in [-0.39, 0.29) is 23.7 Å². The number of phenolic OH excluding ortho intramolecular Hbond substituents is 1. The quantitative estimate of drug-likeness (QED) is 0.762. The van der Waals surface area contributed by atoms with Crippen LogP contribution in [0.4, 0.5) is 0 Å². The van der Waals surface area contributed by atoms with Crippen molar-refractivity contribution in [1.29, 1.82) is 0 Å². The van der Waals surface area contributed by atoms with Gasteiger partial charge in [-0.05, 0) is 43.5 Å². The third-order valence-corrected chi connectivity index (χ3v) is 3.60. The molecule has 1 aliphatic carbocycles. The van der Waals surface area contributed by atoms with E-state index in [0.717, 1.165) is 24.8 Å². The van der Waals surface area contributed by atoms with Crippen molar-refractivity contribution in [3.63, 3.8) is 0 Å². The molecule has 2 atom stereocenters. The Balaban J connectivity index is 1.95. The Kier molecular flexibility index (Phi) is 3.87. The van der Waals surface area contributed by atoms with E-state index < -0.39 is 0 Å². The van der Waals surface area contributed by atoms with Crippen molar-refractivity contribution in [3.8, 4) is 5.75 Å². The summed E-state index contributed by atoms with van der Waals surface area (Å²) in [5.41, 5.74) is 1.32. The number of carbonyl (C=O) groups is 1. The highest BCUT2D eigenvalue weighted by Crippen LogP contribution is 2.24. The van der Waals surface area contributed by atoms with Gasteiger partial charge in [-0.1, -0.05) is 6.42 Å². The number of phenols is 1. The average molecular weight is 249 g/mol. The Morgan fingerprint density at radius 2 is 2.22 bits per heavy atom. The predicted molar refractivity (Wildman–Crippen MR) is 68.5 cm³/mol. The Hall–Kier alpha value is -1.55. The molecule has 98 valence electrons. The molecule has 1 aliphatic rings. The van der Waals surface area contributed by atoms with Gasteiger partial charge in [0.1, 0.15) is 5.75 Å². The number of rotatable bonds is 3. The van der Waals surface area contributed by atoms with Crippen LogP contribution >= 0.6 is 0 Å². The first-order valence-corrected chi connectivity index (χ1v) is 6.34. The fourth-order valence-electron chi connectivity index (χ4n) is 2.48. The number of aliphatic hydroxyl groups excluding tert-OH is 1. The maximum Gasteiger partial charge on any atom is 0.251 e. The van der Waals surface area contributed by atoms with Gasteiger partial charge < -0.3 is 15.5 Å². The van der Waals surface area contributed by atoms with E-state index in [9.17, 15) is 15.0 Å². The minimum atomic E-state index is -0.286. The lowest BCUT2D eigenvalue weighted by Gasteiger charge is -2.15. The van der Waals surface area contributed by atoms with Crippen molar-refractivity contribution >= 4 is 5.91 Å². The van der Waals surface area contributed by atoms with Gasteiger partial charge in [0.15, 0.2) is 0 Å². The third kappa shape index (κ3) is 2.82. The first-order chi connectivity index (χ1) is 8.58. The summed E-state index contributed by atoms with van der Waals surface area (Å²) >= 11 is 0. The molecular weight excluding hydrogens is 230 g/mol. The van der Waals surface area contributed by atoms with Crippen LogP contribution in [-0.4, -0.2) is 28.8 Å². The van der Waals surface area contributed by atoms with E-state index >= 15 is 0 Å². The number of aromatic hydroxyl groups is 1. The van der Waals surface area contributed by atoms with E-state index in [1.807, 2.05) is 0 Å². The van der Waals surface area contributed by atoms with Crippen LogP contribution in [0.25, 0.3) is 0 Å². The molecule has 1 fully saturated rings. The molecule has 1 amide bonds. The Bertz CT molecular complexity index is 445. The predicted octanol–water partition coefficient (Wildman–Crippen LogP) is 1.59. The SMILES string of the molecule is Cc1cc(O)ccc1C(=O)NCC1CCCC1O. The van der Waals surface area contributed by atoms with E-state index in [4.69, 9.17) is 0 Å². The molecule has 0 spiro atoms. The fourth-order valence-corrected chi connectivity index (χ4v) is 2.48. The van der Waals surface area contributed by atoms with Crippen molar-refractivity contribution in [3.05, 3.63) is 29.3 Å². The summed E-state index contributed by atoms with van der Waals surface area (Å²) in [6, 6.07) is 4.69. The van der Waals surface area contributed by atoms with Crippen LogP contribution in [0.15, 0.2) is 18.2 Å². The van der Waals surface area contributed by atoms with Crippen molar-refractivity contribution in [2.75, 3.05) is 6.54 Å². The molecule has 3 N–H and O–H groups in total. The first kappa shape index (κ1) is 12.9. The summed E-state index contributed by atoms with van der Waals surface area (Å²) in [7, 11) is 0. The van der Waals surface area contributed by atoms with E-state index in [1.54, 1.807) is 19.1 Å². The molecule has 18 heavy (non-hydrogen) atoms. The van der Waals surface area contributed by atoms with Gasteiger partial charge in [0.2, 0.25) is 0 Å². The number of amides is 1. The number of hydrogen-bond acceptors (Lipinski definition) is 3. The van der Waals surface area contributed by atoms with Crippen LogP contribution in [0.5, 0.6) is 5.75 Å². The lowest BCUT2D eigenvalue weighted by Crippen LogP contribution is -2.32. The second-order valence-electron chi connectivity index (χ2n) is 4.97. The topological polar surface area (TPSA) is 69.6 Å². The van der Waals surface area contributed by atoms with Crippen molar-refractivity contribution in [1.82, 2.24) is 5.32 Å². The number of aliphatic hydroxyl groups is 1. The van der Waals surface area contributed by atoms with Gasteiger partial charge in [0.25, 0.3) is 5.91 Å². The van der Waals surface area contributed by atoms with E-state index in [0.29, 0.717) is 12.1 Å². The molecule has 1 aromatic rings. The van der Waals surface area contributed by atoms with Crippen LogP contribution in [0.3, 0.4) is 0 Å². The Labute approximate surface area is 107 Å². The normalized spacial score (nSPS) is 23.0. The molecule has 4 nitrogen and oxygen atoms in total. The smallest absolute Gasteiger partial charge is 0.251 e. The molecule has 0 aliphatic heterocycles. The van der Waals surface area contributed by atoms with E-state index in [2.05, 4.69) is 5.32 Å². The molecule has 2 unspecified atom stereocenters. The molecule has 4 heteroatoms. The summed E-state index contributed by atoms with van der Waals surface area (Å²) in [6.45, 7) is 2.30. The zero-order valence-corrected chi connectivity index (χ0v) is 10.5. The van der Waals surface area contributed by atoms with Crippen molar-refractivity contribution < 1.29 is 15.0 Å². The largest absolute Gasteiger partial charge is 0.508 e. The van der Waals surface area contributed by atoms with E-state index in [1.165, 1.54) is 6.07 Å². The standard InChI is InChI=1S/C14H19NO3/c1-9-7-11(16)5-6-12(9)14(18)15-8-10-3-2-4-13(10)17/h5-7,10,13,16-17H,2-4,8H2,1H3,(H,15,18). The van der Waals surface area contributed by atoms with Gasteiger partial charge in [-0.2, -0.15) is 0 Å². The lowest BCUT2D eigenvalue weighted by molar-refractivity contribution is 0.0916. The number of carbonyl (C=O) groups excluding carboxylic acids is 1. The van der Waals surface area contributed by atoms with Gasteiger partial charge in [0.05, 0.1) is 6.10 Å². The molecule has 2 rings (SSSR count). The molecule has 0 saturated heterocycles. The van der Waals surface area contributed by atoms with Crippen LogP contribution in [0, 0.1) is 12.8 Å². The summed E-state index contributed by atoms with van der Waals surface area (Å²) in [4.78, 5) is 12.0. The molecule has 0 heterocycles. The van der Waals surface area contributed by atoms with Gasteiger partial charge in [0, 0.05) is 18.0 Å². The van der Waals surface area contributed by atoms with Crippen molar-refractivity contribution in [2.45, 2.75) is 32.3 Å². The number of benzene rings is 1. The van der Waals surface area contributed by atoms with Crippen LogP contribution < -0.4 is 5.32 Å². The van der Waals surface area contributed by atoms with Gasteiger partial charge in [-0.15, -0.1) is 0 Å². The van der Waals surface area contributed by atoms with Crippen LogP contribution in [-0.2, 0) is 0 Å². The molecule has 0 aromatic heterocycles. The second-order valence-corrected chi connectivity index (χ2v) is 4.97. The zero-order valence-electron chi connectivity index (χ0n) is 10.5. The summed E-state index contributed by atoms with van der Waals surface area (Å²) in [5, 5.41) is 21.8. The molecule has 0 radical (unpaired) electrons. The number of hydrogen-bond donors (Lipinski definition) is 3. The Morgan fingerprint density at radius 1 is 1.44 bits per heavy atom. The average Bonchev–Trinajstić information content (AvgIpc) is 2.72. The van der Waals surface area contributed by atoms with Crippen LogP contribution in [0.2, 0.25) is 0 Å². The number of nitrogens with one attached hydrogen (secondary N) is 1. The molecule has 1 saturated carbocycles. The minimum absolute atomic E-state index is 0.147. The van der Waals surface area contributed by atoms with Gasteiger partial charge >= 0.3 is 0 Å². The highest BCUT2D eigenvalue weighted by molar-refractivity contribution is 5.95. The fraction of sp³-hybridized carbons (Fsp3) is 0.500. The Morgan fingerprint density at radius 3 is 2.83 bits per heavy atom. The summed E-state index contributed by atoms with van der Waals surface area (Å²) < 4.78 is 0. The van der Waals surface area contributed by atoms with Gasteiger partial charge in [-0.3, -0.25) is 4.79 Å². The lowest BCUT2D eigenvalue weighted by atomic mass is 10.0. The maximum absolute atomic E-state index is 12.0. The summed E-state index contributed by atoms with van der Waals surface area (Å²) in [6.07, 6.45) is 2.54. The molecule has 0 bridgehead atoms. The minimum Gasteiger partial charge on any atom is -0.508 e. The summed E-state index contributed by atoms with van der Waals surface area (Å²) in [5.74, 6) is 0.188. The highest BCUT2D eigenvalue weighted by Gasteiger charge is 2.25. The van der Waals surface area contributed by atoms with Crippen molar-refractivity contribution in [2.24, 2.45) is 5.92 Å². The molecular formula is C14H19NO3. The van der Waals surface area contributed by atoms with Gasteiger partial charge in [-0.25, -0.2) is 0 Å². The van der Waals surface area contributed by atoms with Crippen LogP contribution in [0.1, 0.15) is 35.2 Å². The maximum atomic E-state index is 12.0. The first-order valence-electron chi connectivity index (χ1n) is 6.34. The second kappa shape index (κ2) is 5.40.